The van der Waals surface area contributed by atoms with Crippen LogP contribution >= 0.6 is 0 Å². The second-order valence-electron chi connectivity index (χ2n) is 2.23. The molecule has 0 atom stereocenters. The van der Waals surface area contributed by atoms with Crippen LogP contribution in [0, 0.1) is 11.3 Å². The molecule has 0 aromatic heterocycles. The monoisotopic (exact) mass is 261 g/mol. The first kappa shape index (κ1) is 21.0. The number of nitrogens with zero attached hydrogens (tertiary/aromatic N) is 1. The molecule has 3 nitrogen and oxygen atoms in total. The maximum absolute atomic E-state index is 11.2. The van der Waals surface area contributed by atoms with Crippen LogP contribution in [0.4, 0.5) is 13.2 Å². The van der Waals surface area contributed by atoms with Gasteiger partial charge in [-0.25, -0.2) is 4.79 Å². The normalized spacial score (nSPS) is 7.89. The van der Waals surface area contributed by atoms with Crippen LogP contribution in [0.2, 0.25) is 0 Å². The van der Waals surface area contributed by atoms with Crippen LogP contribution < -0.4 is 0 Å². The summed E-state index contributed by atoms with van der Waals surface area (Å²) in [5.41, 5.74) is 0. The number of carbonyl (C=O) groups excluding carboxylic acids is 1. The number of esters is 1. The van der Waals surface area contributed by atoms with E-state index >= 15 is 0 Å². The molecule has 0 spiro atoms. The highest BCUT2D eigenvalue weighted by Gasteiger charge is 2.28. The molecule has 18 heavy (non-hydrogen) atoms. The molecule has 0 heterocycles. The molecular weight excluding hydrogens is 247 g/mol. The molecule has 0 aliphatic heterocycles. The van der Waals surface area contributed by atoms with Crippen molar-refractivity contribution in [2.24, 2.45) is 0 Å². The first-order chi connectivity index (χ1) is 8.28. The number of ether oxygens (including phenoxy) is 1. The first-order valence-electron chi connectivity index (χ1n) is 4.38. The lowest BCUT2D eigenvalue weighted by molar-refractivity contribution is -0.182. The van der Waals surface area contributed by atoms with Gasteiger partial charge in [0, 0.05) is 12.2 Å². The SMILES string of the molecule is C=CC#N.C=CC(=O)OCC(F)(F)F.C=CC=C. The Labute approximate surface area is 104 Å². The molecule has 0 aromatic rings. The Kier molecular flexibility index (Phi) is 17.2. The Morgan fingerprint density at radius 2 is 1.61 bits per heavy atom. The van der Waals surface area contributed by atoms with Crippen LogP contribution in [0.5, 0.6) is 0 Å². The number of rotatable bonds is 3. The van der Waals surface area contributed by atoms with E-state index in [9.17, 15) is 18.0 Å². The molecule has 100 valence electrons. The molecule has 0 radical (unpaired) electrons. The Balaban J connectivity index is -0.000000233. The molecule has 0 N–H and O–H groups in total. The van der Waals surface area contributed by atoms with Gasteiger partial charge in [0.1, 0.15) is 0 Å². The largest absolute Gasteiger partial charge is 0.453 e. The molecule has 0 fully saturated rings. The van der Waals surface area contributed by atoms with E-state index in [2.05, 4.69) is 31.1 Å². The van der Waals surface area contributed by atoms with E-state index in [1.807, 2.05) is 0 Å². The fourth-order valence-corrected chi connectivity index (χ4v) is 0.212. The highest BCUT2D eigenvalue weighted by Crippen LogP contribution is 2.14. The van der Waals surface area contributed by atoms with E-state index in [0.717, 1.165) is 0 Å². The summed E-state index contributed by atoms with van der Waals surface area (Å²) < 4.78 is 37.4. The van der Waals surface area contributed by atoms with Gasteiger partial charge in [0.2, 0.25) is 0 Å². The smallest absolute Gasteiger partial charge is 0.422 e. The van der Waals surface area contributed by atoms with Gasteiger partial charge in [0.05, 0.1) is 6.07 Å². The fraction of sp³-hybridized carbons (Fsp3) is 0.167. The number of allylic oxidation sites excluding steroid dienone is 3. The van der Waals surface area contributed by atoms with E-state index in [1.54, 1.807) is 18.2 Å². The summed E-state index contributed by atoms with van der Waals surface area (Å²) in [6.45, 7) is 11.2. The lowest BCUT2D eigenvalue weighted by Crippen LogP contribution is -2.19. The van der Waals surface area contributed by atoms with Crippen molar-refractivity contribution in [1.82, 2.24) is 0 Å². The van der Waals surface area contributed by atoms with Gasteiger partial charge in [-0.2, -0.15) is 18.4 Å². The molecule has 0 amide bonds. The van der Waals surface area contributed by atoms with E-state index in [-0.39, 0.29) is 0 Å². The van der Waals surface area contributed by atoms with Crippen molar-refractivity contribution in [3.05, 3.63) is 50.6 Å². The van der Waals surface area contributed by atoms with Crippen LogP contribution in [0.1, 0.15) is 0 Å². The van der Waals surface area contributed by atoms with Crippen molar-refractivity contribution < 1.29 is 22.7 Å². The van der Waals surface area contributed by atoms with Crippen molar-refractivity contribution in [3.8, 4) is 6.07 Å². The van der Waals surface area contributed by atoms with E-state index in [0.29, 0.717) is 6.08 Å². The van der Waals surface area contributed by atoms with Crippen LogP contribution in [0.15, 0.2) is 50.6 Å². The lowest BCUT2D eigenvalue weighted by atomic mass is 10.6. The Morgan fingerprint density at radius 1 is 1.22 bits per heavy atom. The van der Waals surface area contributed by atoms with E-state index in [1.165, 1.54) is 6.08 Å². The number of nitriles is 1. The molecule has 0 bridgehead atoms. The average Bonchev–Trinajstić information content (AvgIpc) is 2.35. The van der Waals surface area contributed by atoms with Crippen LogP contribution in [0.3, 0.4) is 0 Å². The van der Waals surface area contributed by atoms with Gasteiger partial charge >= 0.3 is 12.1 Å². The minimum atomic E-state index is -4.46. The first-order valence-corrected chi connectivity index (χ1v) is 4.38. The maximum atomic E-state index is 11.2. The van der Waals surface area contributed by atoms with Crippen LogP contribution in [0.25, 0.3) is 0 Å². The third-order valence-electron chi connectivity index (χ3n) is 0.803. The summed E-state index contributed by atoms with van der Waals surface area (Å²) in [7, 11) is 0. The van der Waals surface area contributed by atoms with Gasteiger partial charge in [0.25, 0.3) is 0 Å². The minimum absolute atomic E-state index is 0.672. The molecule has 6 heteroatoms. The molecule has 0 saturated carbocycles. The molecular formula is C12H14F3NO2. The topological polar surface area (TPSA) is 50.1 Å². The Hall–Kier alpha value is -2.29. The lowest BCUT2D eigenvalue weighted by Gasteiger charge is -2.04. The minimum Gasteiger partial charge on any atom is -0.453 e. The molecule has 0 aliphatic carbocycles. The van der Waals surface area contributed by atoms with Crippen molar-refractivity contribution in [1.29, 1.82) is 5.26 Å². The van der Waals surface area contributed by atoms with Gasteiger partial charge < -0.3 is 4.74 Å². The molecule has 0 saturated heterocycles. The third kappa shape index (κ3) is 37.3. The molecule has 0 aliphatic rings. The summed E-state index contributed by atoms with van der Waals surface area (Å²) >= 11 is 0. The zero-order chi connectivity index (χ0) is 15.0. The number of hydrogen-bond acceptors (Lipinski definition) is 3. The van der Waals surface area contributed by atoms with Gasteiger partial charge in [-0.15, -0.1) is 0 Å². The standard InChI is InChI=1S/C5H5F3O2.C4H6.C3H3N/c1-2-4(9)10-3-5(6,7)8;1-3-4-2;1-2-3-4/h2H,1,3H2;3-4H,1-2H2;2H,1H2. The highest BCUT2D eigenvalue weighted by molar-refractivity contribution is 5.81. The second kappa shape index (κ2) is 14.7. The Morgan fingerprint density at radius 3 is 1.78 bits per heavy atom. The summed E-state index contributed by atoms with van der Waals surface area (Å²) in [6.07, 6.45) is 0.671. The number of alkyl halides is 3. The van der Waals surface area contributed by atoms with Crippen molar-refractivity contribution in [3.63, 3.8) is 0 Å². The fourth-order valence-electron chi connectivity index (χ4n) is 0.212. The van der Waals surface area contributed by atoms with Gasteiger partial charge in [-0.05, 0) is 0 Å². The predicted molar refractivity (Wildman–Crippen MR) is 63.4 cm³/mol. The maximum Gasteiger partial charge on any atom is 0.422 e. The number of hydrogen-bond donors (Lipinski definition) is 0. The quantitative estimate of drug-likeness (QED) is 0.339. The highest BCUT2D eigenvalue weighted by atomic mass is 19.4. The molecule has 0 unspecified atom stereocenters. The average molecular weight is 261 g/mol. The summed E-state index contributed by atoms with van der Waals surface area (Å²) in [5.74, 6) is -1.07. The number of halogens is 3. The van der Waals surface area contributed by atoms with Crippen molar-refractivity contribution in [2.45, 2.75) is 6.18 Å². The van der Waals surface area contributed by atoms with Gasteiger partial charge in [-0.1, -0.05) is 38.5 Å². The zero-order valence-corrected chi connectivity index (χ0v) is 9.74. The molecule has 0 rings (SSSR count). The summed E-state index contributed by atoms with van der Waals surface area (Å²) in [4.78, 5) is 10.0. The van der Waals surface area contributed by atoms with Crippen LogP contribution in [-0.4, -0.2) is 18.8 Å². The van der Waals surface area contributed by atoms with Crippen molar-refractivity contribution >= 4 is 5.97 Å². The summed E-state index contributed by atoms with van der Waals surface area (Å²) in [6, 6.07) is 1.69. The van der Waals surface area contributed by atoms with Crippen molar-refractivity contribution in [2.75, 3.05) is 6.61 Å². The van der Waals surface area contributed by atoms with Gasteiger partial charge in [0.15, 0.2) is 6.61 Å². The second-order valence-corrected chi connectivity index (χ2v) is 2.23. The van der Waals surface area contributed by atoms with Crippen LogP contribution in [-0.2, 0) is 9.53 Å². The predicted octanol–water partition coefficient (Wildman–Crippen LogP) is 3.33. The Bertz CT molecular complexity index is 308. The third-order valence-corrected chi connectivity index (χ3v) is 0.803. The molecule has 0 aromatic carbocycles. The summed E-state index contributed by atoms with van der Waals surface area (Å²) in [5, 5.41) is 7.51. The zero-order valence-electron chi connectivity index (χ0n) is 9.74. The van der Waals surface area contributed by atoms with Gasteiger partial charge in [-0.3, -0.25) is 0 Å². The number of carbonyl (C=O) groups is 1. The van der Waals surface area contributed by atoms with E-state index in [4.69, 9.17) is 5.26 Å². The van der Waals surface area contributed by atoms with E-state index < -0.39 is 18.8 Å².